The molecule has 1 aliphatic carbocycles. The lowest BCUT2D eigenvalue weighted by atomic mass is 10.3. The molecule has 1 unspecified atom stereocenters. The van der Waals surface area contributed by atoms with Crippen LogP contribution in [0.1, 0.15) is 32.6 Å². The van der Waals surface area contributed by atoms with Crippen molar-refractivity contribution in [2.75, 3.05) is 16.4 Å². The van der Waals surface area contributed by atoms with Gasteiger partial charge in [0.15, 0.2) is 0 Å². The molecule has 0 saturated heterocycles. The summed E-state index contributed by atoms with van der Waals surface area (Å²) < 4.78 is 27.1. The van der Waals surface area contributed by atoms with Crippen LogP contribution >= 0.6 is 23.4 Å². The number of benzene rings is 1. The maximum atomic E-state index is 12.2. The minimum atomic E-state index is -3.35. The number of para-hydroxylation sites is 1. The molecule has 1 saturated carbocycles. The predicted octanol–water partition coefficient (Wildman–Crippen LogP) is 4.34. The Morgan fingerprint density at radius 1 is 1.33 bits per heavy atom. The van der Waals surface area contributed by atoms with Gasteiger partial charge in [0, 0.05) is 16.0 Å². The van der Waals surface area contributed by atoms with Gasteiger partial charge in [0.25, 0.3) is 0 Å². The summed E-state index contributed by atoms with van der Waals surface area (Å²) in [7, 11) is -3.35. The van der Waals surface area contributed by atoms with Crippen LogP contribution in [0.5, 0.6) is 0 Å². The zero-order valence-corrected chi connectivity index (χ0v) is 14.6. The van der Waals surface area contributed by atoms with Crippen molar-refractivity contribution in [2.24, 2.45) is 5.92 Å². The lowest BCUT2D eigenvalue weighted by Gasteiger charge is -2.16. The fourth-order valence-electron chi connectivity index (χ4n) is 2.47. The molecule has 0 amide bonds. The summed E-state index contributed by atoms with van der Waals surface area (Å²) in [4.78, 5) is 1.02. The van der Waals surface area contributed by atoms with Crippen molar-refractivity contribution in [3.05, 3.63) is 24.3 Å². The number of hydrogen-bond acceptors (Lipinski definition) is 3. The molecule has 0 spiro atoms. The number of sulfonamides is 1. The fraction of sp³-hybridized carbons (Fsp3) is 0.600. The molecule has 1 aromatic carbocycles. The van der Waals surface area contributed by atoms with Crippen LogP contribution in [-0.2, 0) is 10.0 Å². The van der Waals surface area contributed by atoms with E-state index in [1.807, 2.05) is 31.2 Å². The molecule has 1 atom stereocenters. The molecule has 0 aliphatic heterocycles. The van der Waals surface area contributed by atoms with Gasteiger partial charge in [-0.25, -0.2) is 8.42 Å². The number of thioether (sulfide) groups is 1. The average Bonchev–Trinajstić information content (AvgIpc) is 2.93. The molecule has 1 aliphatic rings. The smallest absolute Gasteiger partial charge is 0.233 e. The van der Waals surface area contributed by atoms with Crippen LogP contribution in [0.3, 0.4) is 0 Å². The highest BCUT2D eigenvalue weighted by atomic mass is 35.5. The SMILES string of the molecule is CC(CCl)CS(=O)(=O)Nc1ccccc1SC1CCCC1. The largest absolute Gasteiger partial charge is 0.282 e. The third-order valence-corrected chi connectivity index (χ3v) is 7.00. The predicted molar refractivity (Wildman–Crippen MR) is 91.8 cm³/mol. The van der Waals surface area contributed by atoms with Crippen molar-refractivity contribution in [1.29, 1.82) is 0 Å². The lowest BCUT2D eigenvalue weighted by molar-refractivity contribution is 0.588. The van der Waals surface area contributed by atoms with Crippen molar-refractivity contribution < 1.29 is 8.42 Å². The first-order valence-electron chi connectivity index (χ1n) is 7.32. The number of rotatable bonds is 7. The van der Waals surface area contributed by atoms with Crippen molar-refractivity contribution >= 4 is 39.1 Å². The van der Waals surface area contributed by atoms with Crippen molar-refractivity contribution in [3.63, 3.8) is 0 Å². The van der Waals surface area contributed by atoms with E-state index in [1.165, 1.54) is 25.7 Å². The van der Waals surface area contributed by atoms with Gasteiger partial charge in [0.2, 0.25) is 10.0 Å². The van der Waals surface area contributed by atoms with E-state index in [1.54, 1.807) is 11.8 Å². The third-order valence-electron chi connectivity index (χ3n) is 3.52. The molecule has 2 rings (SSSR count). The highest BCUT2D eigenvalue weighted by Gasteiger charge is 2.20. The molecule has 6 heteroatoms. The summed E-state index contributed by atoms with van der Waals surface area (Å²) in [6.07, 6.45) is 4.99. The standard InChI is InChI=1S/C15H22ClNO2S2/c1-12(10-16)11-21(18,19)17-14-8-4-5-9-15(14)20-13-6-2-3-7-13/h4-5,8-9,12-13,17H,2-3,6-7,10-11H2,1H3. The summed E-state index contributed by atoms with van der Waals surface area (Å²) in [5, 5.41) is 0.609. The zero-order valence-electron chi connectivity index (χ0n) is 12.2. The van der Waals surface area contributed by atoms with Crippen LogP contribution in [0.4, 0.5) is 5.69 Å². The summed E-state index contributed by atoms with van der Waals surface area (Å²) in [6, 6.07) is 7.64. The van der Waals surface area contributed by atoms with Crippen molar-refractivity contribution in [3.8, 4) is 0 Å². The molecular weight excluding hydrogens is 326 g/mol. The highest BCUT2D eigenvalue weighted by Crippen LogP contribution is 2.38. The highest BCUT2D eigenvalue weighted by molar-refractivity contribution is 8.00. The molecule has 0 radical (unpaired) electrons. The molecule has 0 aromatic heterocycles. The fourth-order valence-corrected chi connectivity index (χ4v) is 5.57. The van der Waals surface area contributed by atoms with E-state index in [0.717, 1.165) is 4.90 Å². The van der Waals surface area contributed by atoms with E-state index in [4.69, 9.17) is 11.6 Å². The maximum absolute atomic E-state index is 12.2. The van der Waals surface area contributed by atoms with Crippen LogP contribution < -0.4 is 4.72 Å². The third kappa shape index (κ3) is 5.38. The van der Waals surface area contributed by atoms with Crippen molar-refractivity contribution in [2.45, 2.75) is 42.8 Å². The van der Waals surface area contributed by atoms with Gasteiger partial charge in [-0.1, -0.05) is 31.9 Å². The Balaban J connectivity index is 2.08. The maximum Gasteiger partial charge on any atom is 0.233 e. The Morgan fingerprint density at radius 2 is 2.00 bits per heavy atom. The monoisotopic (exact) mass is 347 g/mol. The van der Waals surface area contributed by atoms with Gasteiger partial charge in [0.05, 0.1) is 11.4 Å². The second kappa shape index (κ2) is 7.75. The molecule has 118 valence electrons. The van der Waals surface area contributed by atoms with Gasteiger partial charge in [0.1, 0.15) is 0 Å². The van der Waals surface area contributed by atoms with E-state index in [2.05, 4.69) is 4.72 Å². The molecule has 1 N–H and O–H groups in total. The Hall–Kier alpha value is -0.390. The number of halogens is 1. The Bertz CT molecular complexity index is 557. The van der Waals surface area contributed by atoms with Crippen molar-refractivity contribution in [1.82, 2.24) is 0 Å². The van der Waals surface area contributed by atoms with Crippen LogP contribution in [0.15, 0.2) is 29.2 Å². The molecule has 0 bridgehead atoms. The van der Waals surface area contributed by atoms with Crippen LogP contribution in [0.25, 0.3) is 0 Å². The van der Waals surface area contributed by atoms with Gasteiger partial charge < -0.3 is 0 Å². The van der Waals surface area contributed by atoms with E-state index in [9.17, 15) is 8.42 Å². The Kier molecular flexibility index (Phi) is 6.26. The van der Waals surface area contributed by atoms with E-state index in [-0.39, 0.29) is 11.7 Å². The molecule has 1 fully saturated rings. The van der Waals surface area contributed by atoms with Gasteiger partial charge >= 0.3 is 0 Å². The Morgan fingerprint density at radius 3 is 2.67 bits per heavy atom. The normalized spacial score (nSPS) is 17.8. The van der Waals surface area contributed by atoms with Crippen LogP contribution in [0.2, 0.25) is 0 Å². The molecule has 0 heterocycles. The van der Waals surface area contributed by atoms with Gasteiger partial charge in [-0.15, -0.1) is 23.4 Å². The topological polar surface area (TPSA) is 46.2 Å². The molecular formula is C15H22ClNO2S2. The van der Waals surface area contributed by atoms with Gasteiger partial charge in [-0.3, -0.25) is 4.72 Å². The van der Waals surface area contributed by atoms with Crippen LogP contribution in [0, 0.1) is 5.92 Å². The lowest BCUT2D eigenvalue weighted by Crippen LogP contribution is -2.22. The zero-order chi connectivity index (χ0) is 15.3. The van der Waals surface area contributed by atoms with Crippen LogP contribution in [-0.4, -0.2) is 25.3 Å². The summed E-state index contributed by atoms with van der Waals surface area (Å²) in [5.41, 5.74) is 0.691. The van der Waals surface area contributed by atoms with Gasteiger partial charge in [-0.05, 0) is 30.9 Å². The minimum absolute atomic E-state index is 0.0545. The van der Waals surface area contributed by atoms with E-state index >= 15 is 0 Å². The summed E-state index contributed by atoms with van der Waals surface area (Å²) in [6.45, 7) is 1.84. The molecule has 1 aromatic rings. The Labute approximate surface area is 136 Å². The quantitative estimate of drug-likeness (QED) is 0.746. The number of nitrogens with one attached hydrogen (secondary N) is 1. The molecule has 3 nitrogen and oxygen atoms in total. The second-order valence-corrected chi connectivity index (χ2v) is 9.08. The minimum Gasteiger partial charge on any atom is -0.282 e. The molecule has 21 heavy (non-hydrogen) atoms. The summed E-state index contributed by atoms with van der Waals surface area (Å²) >= 11 is 7.50. The van der Waals surface area contributed by atoms with Gasteiger partial charge in [-0.2, -0.15) is 0 Å². The second-order valence-electron chi connectivity index (χ2n) is 5.66. The first-order chi connectivity index (χ1) is 10.00. The van der Waals surface area contributed by atoms with E-state index < -0.39 is 10.0 Å². The average molecular weight is 348 g/mol. The first-order valence-corrected chi connectivity index (χ1v) is 10.4. The number of alkyl halides is 1. The van der Waals surface area contributed by atoms with E-state index in [0.29, 0.717) is 16.8 Å². The number of hydrogen-bond donors (Lipinski definition) is 1. The first kappa shape index (κ1) is 17.0. The number of anilines is 1. The summed E-state index contributed by atoms with van der Waals surface area (Å²) in [5.74, 6) is 0.344.